The van der Waals surface area contributed by atoms with E-state index in [4.69, 9.17) is 9.47 Å². The molecule has 1 aliphatic rings. The SMILES string of the molecule is CC(C)C[C@H](NC1CCOCC1)C(=O)N[C@@H](Cc1ccc(OCc2ccccc2)cc1)C(=O)NC(C)(C)CO. The first-order valence-electron chi connectivity index (χ1n) is 14.0. The highest BCUT2D eigenvalue weighted by Gasteiger charge is 2.31. The molecule has 8 heteroatoms. The largest absolute Gasteiger partial charge is 0.489 e. The van der Waals surface area contributed by atoms with E-state index in [1.54, 1.807) is 13.8 Å². The van der Waals surface area contributed by atoms with Crippen molar-refractivity contribution in [2.45, 2.75) is 83.6 Å². The van der Waals surface area contributed by atoms with E-state index >= 15 is 0 Å². The molecule has 8 nitrogen and oxygen atoms in total. The molecule has 214 valence electrons. The Morgan fingerprint density at radius 3 is 2.26 bits per heavy atom. The molecule has 0 radical (unpaired) electrons. The number of amides is 2. The molecule has 0 aromatic heterocycles. The van der Waals surface area contributed by atoms with Crippen molar-refractivity contribution in [3.8, 4) is 5.75 Å². The van der Waals surface area contributed by atoms with Crippen LogP contribution in [0.15, 0.2) is 54.6 Å². The van der Waals surface area contributed by atoms with Gasteiger partial charge in [-0.25, -0.2) is 0 Å². The molecule has 0 saturated carbocycles. The lowest BCUT2D eigenvalue weighted by molar-refractivity contribution is -0.131. The van der Waals surface area contributed by atoms with Crippen molar-refractivity contribution in [1.29, 1.82) is 0 Å². The van der Waals surface area contributed by atoms with Crippen molar-refractivity contribution in [2.24, 2.45) is 5.92 Å². The van der Waals surface area contributed by atoms with E-state index in [0.29, 0.717) is 38.6 Å². The number of benzene rings is 2. The standard InChI is InChI=1S/C31H45N3O5/c1-22(2)18-27(32-25-14-16-38-17-15-25)29(36)33-28(30(37)34-31(3,4)21-35)19-23-10-12-26(13-11-23)39-20-24-8-6-5-7-9-24/h5-13,22,25,27-28,32,35H,14-21H2,1-4H3,(H,33,36)(H,34,37)/t27-,28-/m0/s1. The summed E-state index contributed by atoms with van der Waals surface area (Å²) < 4.78 is 11.4. The van der Waals surface area contributed by atoms with Crippen LogP contribution < -0.4 is 20.7 Å². The van der Waals surface area contributed by atoms with Crippen LogP contribution in [0.1, 0.15) is 58.1 Å². The number of aliphatic hydroxyl groups is 1. The molecule has 1 saturated heterocycles. The van der Waals surface area contributed by atoms with Gasteiger partial charge >= 0.3 is 0 Å². The van der Waals surface area contributed by atoms with Crippen molar-refractivity contribution < 1.29 is 24.2 Å². The summed E-state index contributed by atoms with van der Waals surface area (Å²) >= 11 is 0. The molecule has 0 aliphatic carbocycles. The maximum absolute atomic E-state index is 13.5. The quantitative estimate of drug-likeness (QED) is 0.293. The second kappa shape index (κ2) is 15.0. The van der Waals surface area contributed by atoms with Crippen LogP contribution in [0.25, 0.3) is 0 Å². The van der Waals surface area contributed by atoms with Gasteiger partial charge in [0.05, 0.1) is 18.2 Å². The summed E-state index contributed by atoms with van der Waals surface area (Å²) in [5.74, 6) is 0.505. The number of hydrogen-bond donors (Lipinski definition) is 4. The Hall–Kier alpha value is -2.94. The Morgan fingerprint density at radius 2 is 1.64 bits per heavy atom. The second-order valence-corrected chi connectivity index (χ2v) is 11.5. The van der Waals surface area contributed by atoms with Gasteiger partial charge in [-0.2, -0.15) is 0 Å². The summed E-state index contributed by atoms with van der Waals surface area (Å²) in [7, 11) is 0. The molecule has 2 atom stereocenters. The minimum atomic E-state index is -0.813. The molecule has 2 aromatic carbocycles. The zero-order valence-corrected chi connectivity index (χ0v) is 23.7. The van der Waals surface area contributed by atoms with Gasteiger partial charge in [0.2, 0.25) is 11.8 Å². The summed E-state index contributed by atoms with van der Waals surface area (Å²) in [5.41, 5.74) is 1.16. The van der Waals surface area contributed by atoms with Crippen molar-refractivity contribution in [3.63, 3.8) is 0 Å². The fourth-order valence-corrected chi connectivity index (χ4v) is 4.51. The monoisotopic (exact) mass is 539 g/mol. The van der Waals surface area contributed by atoms with Crippen molar-refractivity contribution >= 4 is 11.8 Å². The molecule has 2 amide bonds. The van der Waals surface area contributed by atoms with Crippen LogP contribution in [-0.4, -0.2) is 60.4 Å². The predicted octanol–water partition coefficient (Wildman–Crippen LogP) is 3.36. The molecule has 1 aliphatic heterocycles. The smallest absolute Gasteiger partial charge is 0.243 e. The molecule has 0 bridgehead atoms. The third-order valence-electron chi connectivity index (χ3n) is 6.78. The van der Waals surface area contributed by atoms with E-state index in [2.05, 4.69) is 29.8 Å². The van der Waals surface area contributed by atoms with Crippen LogP contribution in [0, 0.1) is 5.92 Å². The first-order chi connectivity index (χ1) is 18.6. The highest BCUT2D eigenvalue weighted by molar-refractivity contribution is 5.90. The fourth-order valence-electron chi connectivity index (χ4n) is 4.51. The van der Waals surface area contributed by atoms with E-state index in [1.165, 1.54) is 0 Å². The summed E-state index contributed by atoms with van der Waals surface area (Å²) in [5, 5.41) is 19.1. The first kappa shape index (κ1) is 30.6. The van der Waals surface area contributed by atoms with Gasteiger partial charge in [0, 0.05) is 25.7 Å². The molecule has 0 unspecified atom stereocenters. The lowest BCUT2D eigenvalue weighted by atomic mass is 9.98. The van der Waals surface area contributed by atoms with E-state index < -0.39 is 17.6 Å². The average Bonchev–Trinajstić information content (AvgIpc) is 2.92. The average molecular weight is 540 g/mol. The minimum absolute atomic E-state index is 0.194. The number of hydrogen-bond acceptors (Lipinski definition) is 6. The van der Waals surface area contributed by atoms with Gasteiger partial charge in [-0.05, 0) is 62.3 Å². The maximum atomic E-state index is 13.5. The normalized spacial score (nSPS) is 15.9. The van der Waals surface area contributed by atoms with Crippen molar-refractivity contribution in [3.05, 3.63) is 65.7 Å². The first-order valence-corrected chi connectivity index (χ1v) is 14.0. The molecule has 2 aromatic rings. The number of nitrogens with one attached hydrogen (secondary N) is 3. The number of carbonyl (C=O) groups is 2. The highest BCUT2D eigenvalue weighted by Crippen LogP contribution is 2.17. The van der Waals surface area contributed by atoms with Gasteiger partial charge in [-0.3, -0.25) is 9.59 Å². The molecule has 0 spiro atoms. The topological polar surface area (TPSA) is 109 Å². The molecular weight excluding hydrogens is 494 g/mol. The highest BCUT2D eigenvalue weighted by atomic mass is 16.5. The molecule has 4 N–H and O–H groups in total. The number of carbonyl (C=O) groups excluding carboxylic acids is 2. The fraction of sp³-hybridized carbons (Fsp3) is 0.548. The van der Waals surface area contributed by atoms with Gasteiger partial charge in [0.1, 0.15) is 18.4 Å². The zero-order valence-electron chi connectivity index (χ0n) is 23.7. The van der Waals surface area contributed by atoms with E-state index in [-0.39, 0.29) is 24.5 Å². The van der Waals surface area contributed by atoms with E-state index in [1.807, 2.05) is 54.6 Å². The molecular formula is C31H45N3O5. The summed E-state index contributed by atoms with van der Waals surface area (Å²) in [6.45, 7) is 9.28. The number of aliphatic hydroxyl groups excluding tert-OH is 1. The molecule has 1 heterocycles. The molecule has 3 rings (SSSR count). The Bertz CT molecular complexity index is 1020. The lowest BCUT2D eigenvalue weighted by Gasteiger charge is -2.31. The summed E-state index contributed by atoms with van der Waals surface area (Å²) in [6.07, 6.45) is 2.68. The van der Waals surface area contributed by atoms with Crippen LogP contribution in [0.4, 0.5) is 0 Å². The van der Waals surface area contributed by atoms with Crippen LogP contribution in [0.2, 0.25) is 0 Å². The van der Waals surface area contributed by atoms with Crippen LogP contribution in [0.5, 0.6) is 5.75 Å². The Labute approximate surface area is 232 Å². The van der Waals surface area contributed by atoms with Crippen molar-refractivity contribution in [1.82, 2.24) is 16.0 Å². The second-order valence-electron chi connectivity index (χ2n) is 11.5. The van der Waals surface area contributed by atoms with Gasteiger partial charge in [-0.15, -0.1) is 0 Å². The minimum Gasteiger partial charge on any atom is -0.489 e. The van der Waals surface area contributed by atoms with Gasteiger partial charge < -0.3 is 30.5 Å². The summed E-state index contributed by atoms with van der Waals surface area (Å²) in [6, 6.07) is 16.5. The van der Waals surface area contributed by atoms with Crippen molar-refractivity contribution in [2.75, 3.05) is 19.8 Å². The van der Waals surface area contributed by atoms with Crippen LogP contribution in [0.3, 0.4) is 0 Å². The Kier molecular flexibility index (Phi) is 11.8. The maximum Gasteiger partial charge on any atom is 0.243 e. The lowest BCUT2D eigenvalue weighted by Crippen LogP contribution is -2.58. The molecule has 1 fully saturated rings. The summed E-state index contributed by atoms with van der Waals surface area (Å²) in [4.78, 5) is 26.8. The van der Waals surface area contributed by atoms with E-state index in [0.717, 1.165) is 29.7 Å². The third kappa shape index (κ3) is 10.6. The van der Waals surface area contributed by atoms with E-state index in [9.17, 15) is 14.7 Å². The Morgan fingerprint density at radius 1 is 0.974 bits per heavy atom. The van der Waals surface area contributed by atoms with Gasteiger partial charge in [-0.1, -0.05) is 56.3 Å². The zero-order chi connectivity index (χ0) is 28.3. The van der Waals surface area contributed by atoms with Gasteiger partial charge in [0.15, 0.2) is 0 Å². The Balaban J connectivity index is 1.70. The van der Waals surface area contributed by atoms with Crippen LogP contribution >= 0.6 is 0 Å². The van der Waals surface area contributed by atoms with Crippen LogP contribution in [-0.2, 0) is 27.4 Å². The molecule has 39 heavy (non-hydrogen) atoms. The van der Waals surface area contributed by atoms with Gasteiger partial charge in [0.25, 0.3) is 0 Å². The number of ether oxygens (including phenoxy) is 2. The predicted molar refractivity (Wildman–Crippen MR) is 152 cm³/mol. The third-order valence-corrected chi connectivity index (χ3v) is 6.78. The number of rotatable bonds is 14.